The smallest absolute Gasteiger partial charge is 0.337 e. The molecule has 0 radical (unpaired) electrons. The molecule has 0 fully saturated rings. The first-order valence-electron chi connectivity index (χ1n) is 8.66. The van der Waals surface area contributed by atoms with Gasteiger partial charge < -0.3 is 14.8 Å². The predicted octanol–water partition coefficient (Wildman–Crippen LogP) is 3.28. The summed E-state index contributed by atoms with van der Waals surface area (Å²) in [5, 5.41) is 5.15. The van der Waals surface area contributed by atoms with Crippen molar-refractivity contribution in [3.8, 4) is 0 Å². The maximum Gasteiger partial charge on any atom is 0.337 e. The third kappa shape index (κ3) is 3.06. The molecule has 2 aromatic rings. The zero-order valence-electron chi connectivity index (χ0n) is 15.1. The van der Waals surface area contributed by atoms with E-state index in [1.165, 1.54) is 12.7 Å². The number of cyclic esters (lactones) is 1. The Balaban J connectivity index is 1.82. The van der Waals surface area contributed by atoms with E-state index in [2.05, 4.69) is 17.4 Å². The molecule has 6 heteroatoms. The van der Waals surface area contributed by atoms with Crippen molar-refractivity contribution < 1.29 is 19.1 Å². The summed E-state index contributed by atoms with van der Waals surface area (Å²) >= 11 is 1.63. The minimum Gasteiger partial charge on any atom is -0.466 e. The van der Waals surface area contributed by atoms with E-state index in [1.54, 1.807) is 11.3 Å². The van der Waals surface area contributed by atoms with Crippen molar-refractivity contribution in [1.82, 2.24) is 5.32 Å². The number of nitrogens with one attached hydrogen (secondary N) is 1. The van der Waals surface area contributed by atoms with Crippen molar-refractivity contribution >= 4 is 23.3 Å². The van der Waals surface area contributed by atoms with Gasteiger partial charge in [-0.3, -0.25) is 0 Å². The number of hydrogen-bond donors (Lipinski definition) is 1. The van der Waals surface area contributed by atoms with Crippen LogP contribution in [0.15, 0.2) is 64.3 Å². The van der Waals surface area contributed by atoms with Gasteiger partial charge in [-0.25, -0.2) is 9.59 Å². The number of carbonyl (C=O) groups is 2. The van der Waals surface area contributed by atoms with Gasteiger partial charge in [0.15, 0.2) is 0 Å². The van der Waals surface area contributed by atoms with Gasteiger partial charge in [-0.05, 0) is 29.5 Å². The standard InChI is InChI=1S/C21H19NO4S/c1-12-17(20(23)25-2)18(19-15(22-12)11-26-21(19)24)14-8-9-27-16(14)10-13-6-4-3-5-7-13/h3-9,18,22H,10-11H2,1-2H3. The Morgan fingerprint density at radius 1 is 1.30 bits per heavy atom. The molecule has 138 valence electrons. The number of rotatable bonds is 4. The number of benzene rings is 1. The topological polar surface area (TPSA) is 64.6 Å². The highest BCUT2D eigenvalue weighted by atomic mass is 32.1. The lowest BCUT2D eigenvalue weighted by Crippen LogP contribution is -2.30. The number of dihydropyridines is 1. The van der Waals surface area contributed by atoms with Gasteiger partial charge in [0.1, 0.15) is 6.61 Å². The average Bonchev–Trinajstić information content (AvgIpc) is 3.27. The van der Waals surface area contributed by atoms with Crippen molar-refractivity contribution in [3.05, 3.63) is 80.3 Å². The van der Waals surface area contributed by atoms with Gasteiger partial charge in [-0.2, -0.15) is 0 Å². The summed E-state index contributed by atoms with van der Waals surface area (Å²) < 4.78 is 10.3. The van der Waals surface area contributed by atoms with Gasteiger partial charge in [-0.15, -0.1) is 11.3 Å². The number of ether oxygens (including phenoxy) is 2. The molecule has 4 rings (SSSR count). The Morgan fingerprint density at radius 2 is 2.07 bits per heavy atom. The molecule has 0 saturated carbocycles. The molecular formula is C21H19NO4S. The monoisotopic (exact) mass is 381 g/mol. The predicted molar refractivity (Wildman–Crippen MR) is 102 cm³/mol. The molecule has 0 bridgehead atoms. The maximum absolute atomic E-state index is 12.6. The molecule has 2 aliphatic heterocycles. The maximum atomic E-state index is 12.6. The minimum atomic E-state index is -0.478. The van der Waals surface area contributed by atoms with Gasteiger partial charge in [-0.1, -0.05) is 30.3 Å². The molecule has 5 nitrogen and oxygen atoms in total. The van der Waals surface area contributed by atoms with Crippen LogP contribution in [0.1, 0.15) is 28.8 Å². The number of allylic oxidation sites excluding steroid dienone is 1. The SMILES string of the molecule is COC(=O)C1=C(C)NC2=C(C(=O)OC2)C1c1ccsc1Cc1ccccc1. The Morgan fingerprint density at radius 3 is 2.81 bits per heavy atom. The molecule has 0 spiro atoms. The number of methoxy groups -OCH3 is 1. The third-order valence-electron chi connectivity index (χ3n) is 4.92. The molecule has 0 aliphatic carbocycles. The summed E-state index contributed by atoms with van der Waals surface area (Å²) in [6.45, 7) is 2.03. The fourth-order valence-corrected chi connectivity index (χ4v) is 4.64. The molecule has 1 atom stereocenters. The van der Waals surface area contributed by atoms with Crippen molar-refractivity contribution in [2.75, 3.05) is 13.7 Å². The Kier molecular flexibility index (Phi) is 4.58. The van der Waals surface area contributed by atoms with E-state index in [-0.39, 0.29) is 12.6 Å². The van der Waals surface area contributed by atoms with Crippen LogP contribution in [0.3, 0.4) is 0 Å². The van der Waals surface area contributed by atoms with E-state index < -0.39 is 11.9 Å². The van der Waals surface area contributed by atoms with Crippen LogP contribution in [-0.2, 0) is 25.5 Å². The molecule has 0 saturated heterocycles. The van der Waals surface area contributed by atoms with E-state index in [0.29, 0.717) is 16.8 Å². The fraction of sp³-hybridized carbons (Fsp3) is 0.238. The zero-order valence-corrected chi connectivity index (χ0v) is 15.9. The summed E-state index contributed by atoms with van der Waals surface area (Å²) in [6.07, 6.45) is 0.739. The highest BCUT2D eigenvalue weighted by Crippen LogP contribution is 2.44. The Hall–Kier alpha value is -2.86. The van der Waals surface area contributed by atoms with Gasteiger partial charge in [0.2, 0.25) is 0 Å². The van der Waals surface area contributed by atoms with Gasteiger partial charge in [0, 0.05) is 17.0 Å². The van der Waals surface area contributed by atoms with Crippen LogP contribution in [0.2, 0.25) is 0 Å². The summed E-state index contributed by atoms with van der Waals surface area (Å²) in [5.74, 6) is -1.30. The number of hydrogen-bond acceptors (Lipinski definition) is 6. The Bertz CT molecular complexity index is 971. The quantitative estimate of drug-likeness (QED) is 0.824. The van der Waals surface area contributed by atoms with Crippen LogP contribution >= 0.6 is 11.3 Å². The molecule has 3 heterocycles. The van der Waals surface area contributed by atoms with E-state index in [4.69, 9.17) is 9.47 Å². The summed E-state index contributed by atoms with van der Waals surface area (Å²) in [6, 6.07) is 12.1. The third-order valence-corrected chi connectivity index (χ3v) is 5.85. The number of thiophene rings is 1. The van der Waals surface area contributed by atoms with Crippen LogP contribution in [-0.4, -0.2) is 25.7 Å². The molecule has 27 heavy (non-hydrogen) atoms. The van der Waals surface area contributed by atoms with Crippen molar-refractivity contribution in [2.24, 2.45) is 0 Å². The molecule has 1 unspecified atom stereocenters. The van der Waals surface area contributed by atoms with Crippen molar-refractivity contribution in [2.45, 2.75) is 19.3 Å². The molecule has 2 aliphatic rings. The average molecular weight is 381 g/mol. The van der Waals surface area contributed by atoms with Crippen LogP contribution in [0.4, 0.5) is 0 Å². The van der Waals surface area contributed by atoms with Crippen molar-refractivity contribution in [1.29, 1.82) is 0 Å². The summed E-state index contributed by atoms with van der Waals surface area (Å²) in [5.41, 5.74) is 4.53. The molecule has 0 amide bonds. The minimum absolute atomic E-state index is 0.203. The molecular weight excluding hydrogens is 362 g/mol. The van der Waals surface area contributed by atoms with E-state index in [0.717, 1.165) is 22.6 Å². The zero-order chi connectivity index (χ0) is 19.0. The van der Waals surface area contributed by atoms with E-state index in [1.807, 2.05) is 36.6 Å². The first-order valence-corrected chi connectivity index (χ1v) is 9.54. The van der Waals surface area contributed by atoms with Crippen molar-refractivity contribution in [3.63, 3.8) is 0 Å². The summed E-state index contributed by atoms with van der Waals surface area (Å²) in [4.78, 5) is 26.1. The van der Waals surface area contributed by atoms with Crippen LogP contribution in [0, 0.1) is 0 Å². The lowest BCUT2D eigenvalue weighted by Gasteiger charge is -2.27. The number of esters is 2. The van der Waals surface area contributed by atoms with E-state index >= 15 is 0 Å². The number of carbonyl (C=O) groups excluding carboxylic acids is 2. The molecule has 1 aromatic heterocycles. The normalized spacial score (nSPS) is 18.9. The highest BCUT2D eigenvalue weighted by Gasteiger charge is 2.42. The van der Waals surface area contributed by atoms with Gasteiger partial charge in [0.05, 0.1) is 29.9 Å². The summed E-state index contributed by atoms with van der Waals surface area (Å²) in [7, 11) is 1.36. The lowest BCUT2D eigenvalue weighted by atomic mass is 9.80. The first-order chi connectivity index (χ1) is 13.1. The fourth-order valence-electron chi connectivity index (χ4n) is 3.69. The van der Waals surface area contributed by atoms with Gasteiger partial charge in [0.25, 0.3) is 0 Å². The van der Waals surface area contributed by atoms with Crippen LogP contribution in [0.25, 0.3) is 0 Å². The second-order valence-corrected chi connectivity index (χ2v) is 7.52. The van der Waals surface area contributed by atoms with E-state index in [9.17, 15) is 9.59 Å². The molecule has 1 aromatic carbocycles. The largest absolute Gasteiger partial charge is 0.466 e. The highest BCUT2D eigenvalue weighted by molar-refractivity contribution is 7.10. The lowest BCUT2D eigenvalue weighted by molar-refractivity contribution is -0.136. The Labute approximate surface area is 161 Å². The van der Waals surface area contributed by atoms with Crippen LogP contribution < -0.4 is 5.32 Å². The second-order valence-electron chi connectivity index (χ2n) is 6.52. The first kappa shape index (κ1) is 17.5. The second kappa shape index (κ2) is 7.04. The molecule has 1 N–H and O–H groups in total. The van der Waals surface area contributed by atoms with Gasteiger partial charge >= 0.3 is 11.9 Å². The van der Waals surface area contributed by atoms with Crippen LogP contribution in [0.5, 0.6) is 0 Å².